The van der Waals surface area contributed by atoms with Crippen LogP contribution in [0.1, 0.15) is 42.0 Å². The highest BCUT2D eigenvalue weighted by molar-refractivity contribution is 14.1. The average Bonchev–Trinajstić information content (AvgIpc) is 2.55. The maximum atomic E-state index is 12.4. The van der Waals surface area contributed by atoms with Gasteiger partial charge in [0.25, 0.3) is 5.56 Å². The summed E-state index contributed by atoms with van der Waals surface area (Å²) in [6, 6.07) is 7.60. The molecule has 0 bridgehead atoms. The van der Waals surface area contributed by atoms with E-state index >= 15 is 0 Å². The zero-order valence-corrected chi connectivity index (χ0v) is 15.0. The molecule has 3 rings (SSSR count). The number of hydrazone groups is 1. The third-order valence-corrected chi connectivity index (χ3v) is 4.85. The quantitative estimate of drug-likeness (QED) is 0.568. The van der Waals surface area contributed by atoms with Gasteiger partial charge in [-0.1, -0.05) is 12.1 Å². The van der Waals surface area contributed by atoms with E-state index in [4.69, 9.17) is 5.11 Å². The minimum Gasteiger partial charge on any atom is -0.477 e. The van der Waals surface area contributed by atoms with Gasteiger partial charge in [-0.2, -0.15) is 5.10 Å². The van der Waals surface area contributed by atoms with Crippen molar-refractivity contribution < 1.29 is 9.90 Å². The van der Waals surface area contributed by atoms with Crippen LogP contribution in [0.4, 0.5) is 5.69 Å². The predicted molar refractivity (Wildman–Crippen MR) is 98.7 cm³/mol. The molecule has 24 heavy (non-hydrogen) atoms. The van der Waals surface area contributed by atoms with Crippen LogP contribution < -0.4 is 11.0 Å². The van der Waals surface area contributed by atoms with Crippen molar-refractivity contribution in [3.8, 4) is 0 Å². The third kappa shape index (κ3) is 3.05. The summed E-state index contributed by atoms with van der Waals surface area (Å²) in [5.41, 5.74) is 3.64. The van der Waals surface area contributed by atoms with E-state index in [-0.39, 0.29) is 11.6 Å². The molecule has 8 heteroatoms. The number of carbonyl (C=O) groups is 1. The van der Waals surface area contributed by atoms with Crippen molar-refractivity contribution >= 4 is 40.0 Å². The number of carboxylic acid groups (broad SMARTS) is 1. The molecule has 1 aliphatic rings. The molecule has 0 saturated heterocycles. The van der Waals surface area contributed by atoms with Crippen LogP contribution in [0, 0.1) is 3.57 Å². The first kappa shape index (κ1) is 16.6. The highest BCUT2D eigenvalue weighted by Crippen LogP contribution is 2.23. The molecule has 2 aromatic rings. The summed E-state index contributed by atoms with van der Waals surface area (Å²) in [5, 5.41) is 13.5. The minimum atomic E-state index is -1.27. The molecule has 1 aromatic heterocycles. The number of nitrogens with one attached hydrogen (secondary N) is 1. The molecule has 0 aliphatic carbocycles. The van der Waals surface area contributed by atoms with E-state index in [1.807, 2.05) is 31.2 Å². The van der Waals surface area contributed by atoms with Crippen molar-refractivity contribution in [2.75, 3.05) is 5.43 Å². The standard InChI is InChI=1S/C16H15IN4O3/c1-9-6-7-13(20-19-12-5-3-2-4-11(12)17)14-18-8-10(16(23)24)15(22)21(9)14/h2-5,8-9,19H,6-7H2,1H3,(H,23,24). The Labute approximate surface area is 151 Å². The number of fused-ring (bicyclic) bond motifs is 1. The largest absolute Gasteiger partial charge is 0.477 e. The molecular formula is C16H15IN4O3. The molecule has 1 unspecified atom stereocenters. The summed E-state index contributed by atoms with van der Waals surface area (Å²) >= 11 is 2.21. The van der Waals surface area contributed by atoms with Crippen LogP contribution in [-0.2, 0) is 0 Å². The van der Waals surface area contributed by atoms with Gasteiger partial charge in [0.2, 0.25) is 0 Å². The van der Waals surface area contributed by atoms with Crippen molar-refractivity contribution in [1.82, 2.24) is 9.55 Å². The Morgan fingerprint density at radius 2 is 2.21 bits per heavy atom. The van der Waals surface area contributed by atoms with Gasteiger partial charge in [-0.3, -0.25) is 14.8 Å². The van der Waals surface area contributed by atoms with E-state index in [9.17, 15) is 9.59 Å². The summed E-state index contributed by atoms with van der Waals surface area (Å²) < 4.78 is 2.44. The van der Waals surface area contributed by atoms with E-state index in [1.54, 1.807) is 0 Å². The Hall–Kier alpha value is -2.23. The van der Waals surface area contributed by atoms with Crippen LogP contribution in [0.25, 0.3) is 0 Å². The lowest BCUT2D eigenvalue weighted by atomic mass is 10.0. The zero-order valence-electron chi connectivity index (χ0n) is 12.9. The van der Waals surface area contributed by atoms with Crippen molar-refractivity contribution in [3.63, 3.8) is 0 Å². The SMILES string of the molecule is CC1CCC(=NNc2ccccc2I)c2ncc(C(=O)O)c(=O)n21. The fourth-order valence-corrected chi connectivity index (χ4v) is 3.12. The molecule has 2 N–H and O–H groups in total. The number of hydrogen-bond donors (Lipinski definition) is 2. The second-order valence-electron chi connectivity index (χ2n) is 5.51. The molecule has 0 amide bonds. The highest BCUT2D eigenvalue weighted by atomic mass is 127. The molecule has 1 aromatic carbocycles. The number of benzene rings is 1. The number of anilines is 1. The fraction of sp³-hybridized carbons (Fsp3) is 0.250. The van der Waals surface area contributed by atoms with Gasteiger partial charge in [-0.15, -0.1) is 0 Å². The normalized spacial score (nSPS) is 18.2. The Balaban J connectivity index is 2.02. The molecule has 0 saturated carbocycles. The first-order valence-electron chi connectivity index (χ1n) is 7.41. The number of aromatic carboxylic acids is 1. The van der Waals surface area contributed by atoms with Crippen LogP contribution in [0.2, 0.25) is 0 Å². The summed E-state index contributed by atoms with van der Waals surface area (Å²) in [6.45, 7) is 1.88. The average molecular weight is 438 g/mol. The van der Waals surface area contributed by atoms with E-state index < -0.39 is 11.5 Å². The van der Waals surface area contributed by atoms with Gasteiger partial charge < -0.3 is 5.11 Å². The van der Waals surface area contributed by atoms with Crippen LogP contribution in [0.5, 0.6) is 0 Å². The predicted octanol–water partition coefficient (Wildman–Crippen LogP) is 2.72. The Morgan fingerprint density at radius 1 is 1.46 bits per heavy atom. The molecule has 0 radical (unpaired) electrons. The minimum absolute atomic E-state index is 0.116. The van der Waals surface area contributed by atoms with Gasteiger partial charge in [-0.05, 0) is 54.5 Å². The van der Waals surface area contributed by atoms with Gasteiger partial charge in [0, 0.05) is 15.8 Å². The highest BCUT2D eigenvalue weighted by Gasteiger charge is 2.26. The van der Waals surface area contributed by atoms with Gasteiger partial charge in [-0.25, -0.2) is 9.78 Å². The first-order chi connectivity index (χ1) is 11.5. The third-order valence-electron chi connectivity index (χ3n) is 3.91. The number of rotatable bonds is 3. The van der Waals surface area contributed by atoms with E-state index in [0.717, 1.165) is 15.5 Å². The topological polar surface area (TPSA) is 96.6 Å². The molecule has 1 atom stereocenters. The van der Waals surface area contributed by atoms with Gasteiger partial charge in [0.15, 0.2) is 5.82 Å². The van der Waals surface area contributed by atoms with E-state index in [0.29, 0.717) is 24.4 Å². The molecule has 124 valence electrons. The Bertz CT molecular complexity index is 891. The second kappa shape index (κ2) is 6.71. The number of carboxylic acids is 1. The second-order valence-corrected chi connectivity index (χ2v) is 6.68. The summed E-state index contributed by atoms with van der Waals surface area (Å²) in [5.74, 6) is -0.849. The lowest BCUT2D eigenvalue weighted by Crippen LogP contribution is -2.37. The zero-order chi connectivity index (χ0) is 17.3. The van der Waals surface area contributed by atoms with Crippen molar-refractivity contribution in [2.24, 2.45) is 5.10 Å². The summed E-state index contributed by atoms with van der Waals surface area (Å²) in [6.07, 6.45) is 2.47. The number of nitrogens with zero attached hydrogens (tertiary/aromatic N) is 3. The smallest absolute Gasteiger partial charge is 0.342 e. The number of hydrogen-bond acceptors (Lipinski definition) is 5. The van der Waals surface area contributed by atoms with E-state index in [2.05, 4.69) is 38.1 Å². The number of aromatic nitrogens is 2. The fourth-order valence-electron chi connectivity index (χ4n) is 2.61. The lowest BCUT2D eigenvalue weighted by Gasteiger charge is -2.25. The Kier molecular flexibility index (Phi) is 4.65. The summed E-state index contributed by atoms with van der Waals surface area (Å²) in [4.78, 5) is 27.7. The molecule has 7 nitrogen and oxygen atoms in total. The van der Waals surface area contributed by atoms with Gasteiger partial charge in [0.05, 0.1) is 5.69 Å². The van der Waals surface area contributed by atoms with Crippen LogP contribution in [-0.4, -0.2) is 26.3 Å². The maximum absolute atomic E-state index is 12.4. The maximum Gasteiger partial charge on any atom is 0.342 e. The van der Waals surface area contributed by atoms with Crippen LogP contribution in [0.3, 0.4) is 0 Å². The molecular weight excluding hydrogens is 423 g/mol. The van der Waals surface area contributed by atoms with Gasteiger partial charge in [0.1, 0.15) is 11.3 Å². The summed E-state index contributed by atoms with van der Waals surface area (Å²) in [7, 11) is 0. The van der Waals surface area contributed by atoms with Crippen molar-refractivity contribution in [2.45, 2.75) is 25.8 Å². The van der Waals surface area contributed by atoms with Gasteiger partial charge >= 0.3 is 5.97 Å². The number of halogens is 1. The lowest BCUT2D eigenvalue weighted by molar-refractivity contribution is 0.0693. The van der Waals surface area contributed by atoms with Crippen molar-refractivity contribution in [1.29, 1.82) is 0 Å². The first-order valence-corrected chi connectivity index (χ1v) is 8.49. The molecule has 0 fully saturated rings. The molecule has 2 heterocycles. The molecule has 0 spiro atoms. The van der Waals surface area contributed by atoms with Crippen molar-refractivity contribution in [3.05, 3.63) is 55.8 Å². The van der Waals surface area contributed by atoms with E-state index in [1.165, 1.54) is 4.57 Å². The molecule has 1 aliphatic heterocycles. The number of para-hydroxylation sites is 1. The van der Waals surface area contributed by atoms with Crippen LogP contribution in [0.15, 0.2) is 40.4 Å². The van der Waals surface area contributed by atoms with Crippen LogP contribution >= 0.6 is 22.6 Å². The Morgan fingerprint density at radius 3 is 2.92 bits per heavy atom. The monoisotopic (exact) mass is 438 g/mol.